The number of rotatable bonds is 7. The van der Waals surface area contributed by atoms with E-state index >= 15 is 0 Å². The van der Waals surface area contributed by atoms with Gasteiger partial charge in [0.15, 0.2) is 5.13 Å². The zero-order valence-electron chi connectivity index (χ0n) is 21.5. The molecule has 5 rings (SSSR count). The van der Waals surface area contributed by atoms with Crippen molar-refractivity contribution in [2.75, 3.05) is 18.4 Å². The van der Waals surface area contributed by atoms with E-state index in [0.717, 1.165) is 59.7 Å². The lowest BCUT2D eigenvalue weighted by Crippen LogP contribution is -2.37. The standard InChI is InChI=1S/C30H30N4O3S/c1-20-3-9-23(10-4-20)27-28(24-11-5-21(2)6-12-24)38-30(31-27)32-29(35)25-15-17-33(18-16-25)19-22-7-13-26(14-8-22)34(36)37/h3-14,25H,15-19H2,1-2H3,(H,31,32,35). The Bertz CT molecular complexity index is 1360. The van der Waals surface area contributed by atoms with E-state index in [2.05, 4.69) is 72.6 Å². The Kier molecular flexibility index (Phi) is 7.62. The fourth-order valence-electron chi connectivity index (χ4n) is 4.72. The van der Waals surface area contributed by atoms with Crippen molar-refractivity contribution >= 4 is 28.1 Å². The minimum atomic E-state index is -0.385. The van der Waals surface area contributed by atoms with Crippen LogP contribution in [0.1, 0.15) is 29.5 Å². The second kappa shape index (κ2) is 11.2. The number of amides is 1. The number of piperidine rings is 1. The molecule has 1 N–H and O–H groups in total. The summed E-state index contributed by atoms with van der Waals surface area (Å²) < 4.78 is 0. The summed E-state index contributed by atoms with van der Waals surface area (Å²) in [5, 5.41) is 14.6. The van der Waals surface area contributed by atoms with Crippen molar-refractivity contribution in [2.45, 2.75) is 33.2 Å². The smallest absolute Gasteiger partial charge is 0.269 e. The molecule has 0 bridgehead atoms. The SMILES string of the molecule is Cc1ccc(-c2nc(NC(=O)C3CCN(Cc4ccc([N+](=O)[O-])cc4)CC3)sc2-c2ccc(C)cc2)cc1. The highest BCUT2D eigenvalue weighted by atomic mass is 32.1. The molecule has 1 amide bonds. The Morgan fingerprint density at radius 1 is 0.947 bits per heavy atom. The van der Waals surface area contributed by atoms with Gasteiger partial charge in [-0.15, -0.1) is 0 Å². The van der Waals surface area contributed by atoms with E-state index in [1.165, 1.54) is 22.5 Å². The summed E-state index contributed by atoms with van der Waals surface area (Å²) in [4.78, 5) is 31.9. The van der Waals surface area contributed by atoms with Crippen LogP contribution in [-0.2, 0) is 11.3 Å². The minimum absolute atomic E-state index is 0.0136. The van der Waals surface area contributed by atoms with Crippen LogP contribution < -0.4 is 5.32 Å². The predicted octanol–water partition coefficient (Wildman–Crippen LogP) is 6.85. The number of nitrogens with one attached hydrogen (secondary N) is 1. The lowest BCUT2D eigenvalue weighted by Gasteiger charge is -2.31. The fraction of sp³-hybridized carbons (Fsp3) is 0.267. The van der Waals surface area contributed by atoms with Gasteiger partial charge in [-0.2, -0.15) is 0 Å². The summed E-state index contributed by atoms with van der Waals surface area (Å²) in [6.45, 7) is 6.46. The molecule has 194 valence electrons. The van der Waals surface area contributed by atoms with Crippen LogP contribution in [0.3, 0.4) is 0 Å². The number of hydrogen-bond acceptors (Lipinski definition) is 6. The summed E-state index contributed by atoms with van der Waals surface area (Å²) in [5.74, 6) is -0.0580. The van der Waals surface area contributed by atoms with E-state index in [9.17, 15) is 14.9 Å². The van der Waals surface area contributed by atoms with Crippen molar-refractivity contribution in [3.63, 3.8) is 0 Å². The molecule has 2 heterocycles. The lowest BCUT2D eigenvalue weighted by atomic mass is 9.95. The third kappa shape index (κ3) is 5.98. The second-order valence-electron chi connectivity index (χ2n) is 9.89. The third-order valence-electron chi connectivity index (χ3n) is 7.01. The summed E-state index contributed by atoms with van der Waals surface area (Å²) >= 11 is 1.51. The number of carbonyl (C=O) groups is 1. The van der Waals surface area contributed by atoms with Crippen molar-refractivity contribution in [1.29, 1.82) is 0 Å². The quantitative estimate of drug-likeness (QED) is 0.210. The topological polar surface area (TPSA) is 88.4 Å². The highest BCUT2D eigenvalue weighted by Gasteiger charge is 2.26. The van der Waals surface area contributed by atoms with Crippen LogP contribution in [0, 0.1) is 29.9 Å². The van der Waals surface area contributed by atoms with Gasteiger partial charge in [0.2, 0.25) is 5.91 Å². The number of nitrogens with zero attached hydrogens (tertiary/aromatic N) is 3. The molecule has 0 unspecified atom stereocenters. The average Bonchev–Trinajstić information content (AvgIpc) is 3.34. The number of hydrogen-bond donors (Lipinski definition) is 1. The van der Waals surface area contributed by atoms with Gasteiger partial charge >= 0.3 is 0 Å². The Morgan fingerprint density at radius 2 is 1.53 bits per heavy atom. The number of nitro benzene ring substituents is 1. The molecular formula is C30H30N4O3S. The molecule has 7 nitrogen and oxygen atoms in total. The molecule has 1 aliphatic heterocycles. The summed E-state index contributed by atoms with van der Waals surface area (Å²) in [7, 11) is 0. The van der Waals surface area contributed by atoms with Crippen molar-refractivity contribution in [3.8, 4) is 21.7 Å². The van der Waals surface area contributed by atoms with E-state index in [0.29, 0.717) is 5.13 Å². The molecule has 8 heteroatoms. The van der Waals surface area contributed by atoms with Crippen LogP contribution >= 0.6 is 11.3 Å². The van der Waals surface area contributed by atoms with Crippen LogP contribution in [0.15, 0.2) is 72.8 Å². The van der Waals surface area contributed by atoms with Crippen molar-refractivity contribution < 1.29 is 9.72 Å². The van der Waals surface area contributed by atoms with E-state index < -0.39 is 0 Å². The first-order valence-electron chi connectivity index (χ1n) is 12.8. The maximum atomic E-state index is 13.2. The van der Waals surface area contributed by atoms with Crippen molar-refractivity contribution in [3.05, 3.63) is 99.6 Å². The Labute approximate surface area is 226 Å². The normalized spacial score (nSPS) is 14.4. The molecule has 3 aromatic carbocycles. The lowest BCUT2D eigenvalue weighted by molar-refractivity contribution is -0.384. The van der Waals surface area contributed by atoms with Crippen molar-refractivity contribution in [1.82, 2.24) is 9.88 Å². The van der Waals surface area contributed by atoms with E-state index in [4.69, 9.17) is 4.98 Å². The number of thiazole rings is 1. The van der Waals surface area contributed by atoms with Crippen LogP contribution in [0.5, 0.6) is 0 Å². The molecule has 4 aromatic rings. The largest absolute Gasteiger partial charge is 0.302 e. The molecule has 1 aromatic heterocycles. The number of aromatic nitrogens is 1. The zero-order valence-corrected chi connectivity index (χ0v) is 22.3. The molecule has 38 heavy (non-hydrogen) atoms. The maximum absolute atomic E-state index is 13.2. The molecule has 0 saturated carbocycles. The number of likely N-dealkylation sites (tertiary alicyclic amines) is 1. The Morgan fingerprint density at radius 3 is 2.11 bits per heavy atom. The van der Waals surface area contributed by atoms with Crippen LogP contribution in [0.25, 0.3) is 21.7 Å². The maximum Gasteiger partial charge on any atom is 0.269 e. The summed E-state index contributed by atoms with van der Waals surface area (Å²) in [5.41, 5.74) is 6.52. The minimum Gasteiger partial charge on any atom is -0.302 e. The van der Waals surface area contributed by atoms with Gasteiger partial charge in [0.1, 0.15) is 0 Å². The van der Waals surface area contributed by atoms with Crippen molar-refractivity contribution in [2.24, 2.45) is 5.92 Å². The van der Waals surface area contributed by atoms with E-state index in [-0.39, 0.29) is 22.4 Å². The highest BCUT2D eigenvalue weighted by molar-refractivity contribution is 7.19. The number of carbonyl (C=O) groups excluding carboxylic acids is 1. The van der Waals surface area contributed by atoms with E-state index in [1.807, 2.05) is 0 Å². The monoisotopic (exact) mass is 526 g/mol. The van der Waals surface area contributed by atoms with Crippen LogP contribution in [0.4, 0.5) is 10.8 Å². The molecule has 1 saturated heterocycles. The van der Waals surface area contributed by atoms with Gasteiger partial charge in [-0.05, 0) is 50.9 Å². The molecule has 0 aliphatic carbocycles. The number of non-ortho nitro benzene ring substituents is 1. The van der Waals surface area contributed by atoms with E-state index in [1.54, 1.807) is 24.3 Å². The second-order valence-corrected chi connectivity index (χ2v) is 10.9. The fourth-order valence-corrected chi connectivity index (χ4v) is 5.72. The first-order chi connectivity index (χ1) is 18.4. The molecule has 0 spiro atoms. The first-order valence-corrected chi connectivity index (χ1v) is 13.6. The Balaban J connectivity index is 1.25. The molecule has 1 fully saturated rings. The Hall–Kier alpha value is -3.88. The van der Waals surface area contributed by atoms with Gasteiger partial charge < -0.3 is 5.32 Å². The summed E-state index contributed by atoms with van der Waals surface area (Å²) in [6.07, 6.45) is 1.53. The highest BCUT2D eigenvalue weighted by Crippen LogP contribution is 2.39. The third-order valence-corrected chi connectivity index (χ3v) is 8.03. The first kappa shape index (κ1) is 25.8. The van der Waals surface area contributed by atoms with Gasteiger partial charge in [-0.3, -0.25) is 19.8 Å². The number of nitro groups is 1. The molecular weight excluding hydrogens is 496 g/mol. The van der Waals surface area contributed by atoms with Gasteiger partial charge in [-0.25, -0.2) is 4.98 Å². The number of aryl methyl sites for hydroxylation is 2. The zero-order chi connectivity index (χ0) is 26.6. The molecule has 1 aliphatic rings. The summed E-state index contributed by atoms with van der Waals surface area (Å²) in [6, 6.07) is 23.4. The van der Waals surface area contributed by atoms with Crippen LogP contribution in [-0.4, -0.2) is 33.8 Å². The van der Waals surface area contributed by atoms with Gasteiger partial charge in [0.25, 0.3) is 5.69 Å². The number of benzene rings is 3. The molecule has 0 radical (unpaired) electrons. The predicted molar refractivity (Wildman–Crippen MR) is 152 cm³/mol. The average molecular weight is 527 g/mol. The van der Waals surface area contributed by atoms with Gasteiger partial charge in [0, 0.05) is 30.2 Å². The van der Waals surface area contributed by atoms with Gasteiger partial charge in [-0.1, -0.05) is 83.1 Å². The van der Waals surface area contributed by atoms with Crippen LogP contribution in [0.2, 0.25) is 0 Å². The number of anilines is 1. The molecule has 0 atom stereocenters. The van der Waals surface area contributed by atoms with Gasteiger partial charge in [0.05, 0.1) is 15.5 Å².